The van der Waals surface area contributed by atoms with E-state index in [9.17, 15) is 4.79 Å². The van der Waals surface area contributed by atoms with Gasteiger partial charge in [-0.2, -0.15) is 0 Å². The number of carbonyl (C=O) groups is 1. The summed E-state index contributed by atoms with van der Waals surface area (Å²) in [7, 11) is 0. The van der Waals surface area contributed by atoms with Crippen molar-refractivity contribution in [1.29, 1.82) is 0 Å². The zero-order valence-electron chi connectivity index (χ0n) is 17.1. The SMILES string of the molecule is CCCCCCOc1ccc(-c2ccc(OC(=O)C(Cl)CC(C)C)cc2)cc1. The molecule has 0 saturated heterocycles. The van der Waals surface area contributed by atoms with Crippen LogP contribution in [0.1, 0.15) is 52.9 Å². The van der Waals surface area contributed by atoms with Crippen LogP contribution in [0.3, 0.4) is 0 Å². The molecule has 28 heavy (non-hydrogen) atoms. The molecule has 0 N–H and O–H groups in total. The van der Waals surface area contributed by atoms with Gasteiger partial charge in [-0.05, 0) is 54.2 Å². The van der Waals surface area contributed by atoms with Crippen LogP contribution in [0, 0.1) is 5.92 Å². The largest absolute Gasteiger partial charge is 0.494 e. The molecule has 2 rings (SSSR count). The number of rotatable bonds is 11. The lowest BCUT2D eigenvalue weighted by Crippen LogP contribution is -2.22. The van der Waals surface area contributed by atoms with Crippen molar-refractivity contribution in [2.75, 3.05) is 6.61 Å². The normalized spacial score (nSPS) is 12.0. The lowest BCUT2D eigenvalue weighted by Gasteiger charge is -2.12. The van der Waals surface area contributed by atoms with Gasteiger partial charge in [-0.1, -0.05) is 64.3 Å². The van der Waals surface area contributed by atoms with Crippen molar-refractivity contribution in [3.63, 3.8) is 0 Å². The standard InChI is InChI=1S/C24H31ClO3/c1-4-5-6-7-16-27-21-12-8-19(9-13-21)20-10-14-22(15-11-20)28-24(26)23(25)17-18(2)3/h8-15,18,23H,4-7,16-17H2,1-3H3. The average Bonchev–Trinajstić information content (AvgIpc) is 2.68. The third-order valence-corrected chi connectivity index (χ3v) is 4.82. The minimum absolute atomic E-state index is 0.348. The Bertz CT molecular complexity index is 708. The summed E-state index contributed by atoms with van der Waals surface area (Å²) in [6.07, 6.45) is 5.41. The summed E-state index contributed by atoms with van der Waals surface area (Å²) in [6.45, 7) is 7.02. The molecule has 2 aromatic carbocycles. The first kappa shape index (κ1) is 22.3. The maximum absolute atomic E-state index is 12.0. The summed E-state index contributed by atoms with van der Waals surface area (Å²) in [5, 5.41) is -0.616. The van der Waals surface area contributed by atoms with Crippen LogP contribution in [0.15, 0.2) is 48.5 Å². The zero-order valence-corrected chi connectivity index (χ0v) is 17.9. The number of hydrogen-bond donors (Lipinski definition) is 0. The molecule has 3 nitrogen and oxygen atoms in total. The summed E-state index contributed by atoms with van der Waals surface area (Å²) >= 11 is 6.09. The van der Waals surface area contributed by atoms with Crippen LogP contribution in [-0.4, -0.2) is 18.0 Å². The summed E-state index contributed by atoms with van der Waals surface area (Å²) in [5.74, 6) is 1.35. The van der Waals surface area contributed by atoms with Crippen molar-refractivity contribution in [3.05, 3.63) is 48.5 Å². The third-order valence-electron chi connectivity index (χ3n) is 4.46. The maximum atomic E-state index is 12.0. The van der Waals surface area contributed by atoms with E-state index in [4.69, 9.17) is 21.1 Å². The van der Waals surface area contributed by atoms with Crippen molar-refractivity contribution >= 4 is 17.6 Å². The monoisotopic (exact) mass is 402 g/mol. The molecular formula is C24H31ClO3. The predicted octanol–water partition coefficient (Wildman–Crippen LogP) is 6.87. The number of halogens is 1. The fourth-order valence-electron chi connectivity index (χ4n) is 2.87. The Morgan fingerprint density at radius 3 is 2.00 bits per heavy atom. The Labute approximate surface area is 174 Å². The minimum atomic E-state index is -0.616. The molecule has 0 heterocycles. The van der Waals surface area contributed by atoms with E-state index in [1.807, 2.05) is 50.2 Å². The molecule has 4 heteroatoms. The van der Waals surface area contributed by atoms with E-state index in [-0.39, 0.29) is 0 Å². The summed E-state index contributed by atoms with van der Waals surface area (Å²) in [6, 6.07) is 15.5. The average molecular weight is 403 g/mol. The highest BCUT2D eigenvalue weighted by Gasteiger charge is 2.19. The van der Waals surface area contributed by atoms with Gasteiger partial charge in [0, 0.05) is 0 Å². The van der Waals surface area contributed by atoms with Crippen molar-refractivity contribution in [1.82, 2.24) is 0 Å². The number of esters is 1. The first-order chi connectivity index (χ1) is 13.5. The minimum Gasteiger partial charge on any atom is -0.494 e. The van der Waals surface area contributed by atoms with Gasteiger partial charge in [-0.15, -0.1) is 11.6 Å². The molecule has 0 saturated carbocycles. The highest BCUT2D eigenvalue weighted by atomic mass is 35.5. The van der Waals surface area contributed by atoms with E-state index in [1.165, 1.54) is 19.3 Å². The Balaban J connectivity index is 1.88. The molecule has 0 aliphatic rings. The van der Waals surface area contributed by atoms with Gasteiger partial charge in [0.15, 0.2) is 0 Å². The van der Waals surface area contributed by atoms with Crippen LogP contribution in [0.5, 0.6) is 11.5 Å². The molecule has 0 aliphatic carbocycles. The second-order valence-corrected chi connectivity index (χ2v) is 8.00. The van der Waals surface area contributed by atoms with Crippen LogP contribution in [0.2, 0.25) is 0 Å². The van der Waals surface area contributed by atoms with Crippen molar-refractivity contribution in [2.45, 2.75) is 58.3 Å². The summed E-state index contributed by atoms with van der Waals surface area (Å²) in [5.41, 5.74) is 2.14. The molecule has 2 aromatic rings. The number of alkyl halides is 1. The molecule has 0 aromatic heterocycles. The molecule has 152 valence electrons. The van der Waals surface area contributed by atoms with Gasteiger partial charge in [-0.3, -0.25) is 4.79 Å². The van der Waals surface area contributed by atoms with Gasteiger partial charge in [0.05, 0.1) is 6.61 Å². The van der Waals surface area contributed by atoms with Crippen LogP contribution in [0.4, 0.5) is 0 Å². The molecular weight excluding hydrogens is 372 g/mol. The second kappa shape index (κ2) is 11.8. The van der Waals surface area contributed by atoms with Crippen LogP contribution in [0.25, 0.3) is 11.1 Å². The van der Waals surface area contributed by atoms with Gasteiger partial charge in [0.1, 0.15) is 16.9 Å². The fourth-order valence-corrected chi connectivity index (χ4v) is 3.27. The van der Waals surface area contributed by atoms with Gasteiger partial charge >= 0.3 is 5.97 Å². The molecule has 0 fully saturated rings. The topological polar surface area (TPSA) is 35.5 Å². The molecule has 0 aliphatic heterocycles. The Morgan fingerprint density at radius 2 is 1.46 bits per heavy atom. The van der Waals surface area contributed by atoms with Crippen LogP contribution >= 0.6 is 11.6 Å². The molecule has 1 atom stereocenters. The van der Waals surface area contributed by atoms with E-state index in [0.29, 0.717) is 18.1 Å². The van der Waals surface area contributed by atoms with Gasteiger partial charge in [0.25, 0.3) is 0 Å². The number of carbonyl (C=O) groups excluding carboxylic acids is 1. The van der Waals surface area contributed by atoms with Crippen molar-refractivity contribution in [3.8, 4) is 22.6 Å². The van der Waals surface area contributed by atoms with E-state index in [1.54, 1.807) is 12.1 Å². The van der Waals surface area contributed by atoms with Gasteiger partial charge in [-0.25, -0.2) is 0 Å². The first-order valence-electron chi connectivity index (χ1n) is 10.2. The van der Waals surface area contributed by atoms with Crippen molar-refractivity contribution in [2.24, 2.45) is 5.92 Å². The third kappa shape index (κ3) is 7.55. The predicted molar refractivity (Wildman–Crippen MR) is 116 cm³/mol. The maximum Gasteiger partial charge on any atom is 0.329 e. The number of unbranched alkanes of at least 4 members (excludes halogenated alkanes) is 3. The summed E-state index contributed by atoms with van der Waals surface area (Å²) < 4.78 is 11.2. The molecule has 0 bridgehead atoms. The van der Waals surface area contributed by atoms with Gasteiger partial charge < -0.3 is 9.47 Å². The van der Waals surface area contributed by atoms with Crippen LogP contribution in [-0.2, 0) is 4.79 Å². The fraction of sp³-hybridized carbons (Fsp3) is 0.458. The van der Waals surface area contributed by atoms with E-state index in [0.717, 1.165) is 29.9 Å². The molecule has 0 radical (unpaired) electrons. The Morgan fingerprint density at radius 1 is 0.893 bits per heavy atom. The Kier molecular flexibility index (Phi) is 9.36. The number of benzene rings is 2. The molecule has 1 unspecified atom stereocenters. The second-order valence-electron chi connectivity index (χ2n) is 7.48. The van der Waals surface area contributed by atoms with Crippen molar-refractivity contribution < 1.29 is 14.3 Å². The van der Waals surface area contributed by atoms with E-state index >= 15 is 0 Å². The molecule has 0 amide bonds. The van der Waals surface area contributed by atoms with Gasteiger partial charge in [0.2, 0.25) is 0 Å². The zero-order chi connectivity index (χ0) is 20.4. The Hall–Kier alpha value is -2.00. The molecule has 0 spiro atoms. The smallest absolute Gasteiger partial charge is 0.329 e. The quantitative estimate of drug-likeness (QED) is 0.178. The number of hydrogen-bond acceptors (Lipinski definition) is 3. The van der Waals surface area contributed by atoms with Crippen LogP contribution < -0.4 is 9.47 Å². The highest BCUT2D eigenvalue weighted by Crippen LogP contribution is 2.25. The highest BCUT2D eigenvalue weighted by molar-refractivity contribution is 6.30. The summed E-state index contributed by atoms with van der Waals surface area (Å²) in [4.78, 5) is 12.0. The lowest BCUT2D eigenvalue weighted by molar-refractivity contribution is -0.134. The number of ether oxygens (including phenoxy) is 2. The van der Waals surface area contributed by atoms with E-state index in [2.05, 4.69) is 6.92 Å². The first-order valence-corrected chi connectivity index (χ1v) is 10.6. The van der Waals surface area contributed by atoms with E-state index < -0.39 is 11.3 Å². The lowest BCUT2D eigenvalue weighted by atomic mass is 10.1.